The molecule has 0 aromatic carbocycles. The summed E-state index contributed by atoms with van der Waals surface area (Å²) in [5, 5.41) is 2.78. The second-order valence-corrected chi connectivity index (χ2v) is 2.76. The molecule has 0 saturated carbocycles. The maximum Gasteiger partial charge on any atom is 0.296 e. The lowest BCUT2D eigenvalue weighted by Gasteiger charge is -2.21. The number of hydrogen-bond donors (Lipinski definition) is 1. The van der Waals surface area contributed by atoms with Crippen molar-refractivity contribution in [3.05, 3.63) is 0 Å². The Labute approximate surface area is 72.5 Å². The number of nitrogens with one attached hydrogen (secondary N) is 1. The van der Waals surface area contributed by atoms with Crippen LogP contribution in [-0.4, -0.2) is 25.2 Å². The molecule has 0 spiro atoms. The standard InChI is InChI=1S/C9H13NO2/c1-2-4-9(11)10-8-5-3-6-12-7-8/h8H,3,5-7H2,1H3,(H,10,11)/t8-/m1/s1. The molecule has 1 saturated heterocycles. The predicted octanol–water partition coefficient (Wildman–Crippen LogP) is 0.305. The van der Waals surface area contributed by atoms with Gasteiger partial charge < -0.3 is 10.1 Å². The fraction of sp³-hybridized carbons (Fsp3) is 0.667. The summed E-state index contributed by atoms with van der Waals surface area (Å²) in [4.78, 5) is 11.0. The minimum Gasteiger partial charge on any atom is -0.379 e. The van der Waals surface area contributed by atoms with Crippen LogP contribution >= 0.6 is 0 Å². The second-order valence-electron chi connectivity index (χ2n) is 2.76. The number of carbonyl (C=O) groups is 1. The Morgan fingerprint density at radius 2 is 2.50 bits per heavy atom. The molecule has 0 aliphatic carbocycles. The Morgan fingerprint density at radius 3 is 3.08 bits per heavy atom. The topological polar surface area (TPSA) is 38.3 Å². The Hall–Kier alpha value is -1.01. The molecule has 1 atom stereocenters. The molecule has 0 bridgehead atoms. The number of carbonyl (C=O) groups excluding carboxylic acids is 1. The van der Waals surface area contributed by atoms with Crippen molar-refractivity contribution in [1.29, 1.82) is 0 Å². The highest BCUT2D eigenvalue weighted by Crippen LogP contribution is 2.04. The van der Waals surface area contributed by atoms with E-state index in [4.69, 9.17) is 4.74 Å². The number of hydrogen-bond acceptors (Lipinski definition) is 2. The highest BCUT2D eigenvalue weighted by Gasteiger charge is 2.14. The van der Waals surface area contributed by atoms with Crippen molar-refractivity contribution in [3.63, 3.8) is 0 Å². The lowest BCUT2D eigenvalue weighted by atomic mass is 10.1. The van der Waals surface area contributed by atoms with E-state index in [1.807, 2.05) is 0 Å². The van der Waals surface area contributed by atoms with E-state index < -0.39 is 0 Å². The average Bonchev–Trinajstić information content (AvgIpc) is 2.06. The maximum atomic E-state index is 11.0. The van der Waals surface area contributed by atoms with E-state index in [1.165, 1.54) is 0 Å². The van der Waals surface area contributed by atoms with Gasteiger partial charge in [-0.1, -0.05) is 5.92 Å². The molecular weight excluding hydrogens is 154 g/mol. The molecule has 1 rings (SSSR count). The zero-order chi connectivity index (χ0) is 8.81. The molecule has 1 aliphatic rings. The van der Waals surface area contributed by atoms with Gasteiger partial charge >= 0.3 is 0 Å². The van der Waals surface area contributed by atoms with Crippen molar-refractivity contribution >= 4 is 5.91 Å². The van der Waals surface area contributed by atoms with Gasteiger partial charge in [-0.25, -0.2) is 0 Å². The monoisotopic (exact) mass is 167 g/mol. The third-order valence-corrected chi connectivity index (χ3v) is 1.73. The van der Waals surface area contributed by atoms with Gasteiger partial charge in [0.05, 0.1) is 12.6 Å². The summed E-state index contributed by atoms with van der Waals surface area (Å²) >= 11 is 0. The second kappa shape index (κ2) is 4.78. The third kappa shape index (κ3) is 2.93. The largest absolute Gasteiger partial charge is 0.379 e. The first-order valence-corrected chi connectivity index (χ1v) is 4.14. The molecule has 3 nitrogen and oxygen atoms in total. The highest BCUT2D eigenvalue weighted by atomic mass is 16.5. The molecule has 1 amide bonds. The summed E-state index contributed by atoms with van der Waals surface area (Å²) in [7, 11) is 0. The van der Waals surface area contributed by atoms with Gasteiger partial charge in [0.2, 0.25) is 0 Å². The average molecular weight is 167 g/mol. The van der Waals surface area contributed by atoms with Gasteiger partial charge in [0.1, 0.15) is 0 Å². The molecule has 1 heterocycles. The Bertz CT molecular complexity index is 208. The first-order chi connectivity index (χ1) is 5.83. The molecule has 0 unspecified atom stereocenters. The van der Waals surface area contributed by atoms with E-state index in [-0.39, 0.29) is 11.9 Å². The van der Waals surface area contributed by atoms with Gasteiger partial charge in [0.15, 0.2) is 0 Å². The Morgan fingerprint density at radius 1 is 1.67 bits per heavy atom. The first kappa shape index (κ1) is 9.08. The van der Waals surface area contributed by atoms with E-state index in [0.717, 1.165) is 19.4 Å². The Balaban J connectivity index is 2.27. The summed E-state index contributed by atoms with van der Waals surface area (Å²) < 4.78 is 5.20. The number of rotatable bonds is 1. The van der Waals surface area contributed by atoms with Crippen LogP contribution in [-0.2, 0) is 9.53 Å². The van der Waals surface area contributed by atoms with E-state index in [9.17, 15) is 4.79 Å². The summed E-state index contributed by atoms with van der Waals surface area (Å²) in [5.74, 6) is 4.79. The SMILES string of the molecule is CC#CC(=O)N[C@@H]1CCCOC1. The summed E-state index contributed by atoms with van der Waals surface area (Å²) in [6.07, 6.45) is 2.02. The minimum absolute atomic E-state index is 0.159. The van der Waals surface area contributed by atoms with Gasteiger partial charge in [-0.05, 0) is 25.7 Å². The zero-order valence-electron chi connectivity index (χ0n) is 7.22. The van der Waals surface area contributed by atoms with Crippen LogP contribution in [0.1, 0.15) is 19.8 Å². The number of ether oxygens (including phenoxy) is 1. The van der Waals surface area contributed by atoms with Crippen molar-refractivity contribution in [1.82, 2.24) is 5.32 Å². The molecule has 1 N–H and O–H groups in total. The summed E-state index contributed by atoms with van der Waals surface area (Å²) in [6, 6.07) is 0.159. The van der Waals surface area contributed by atoms with Crippen LogP contribution in [0.5, 0.6) is 0 Å². The Kier molecular flexibility index (Phi) is 3.62. The van der Waals surface area contributed by atoms with E-state index in [2.05, 4.69) is 17.2 Å². The van der Waals surface area contributed by atoms with Crippen LogP contribution in [0.4, 0.5) is 0 Å². The molecule has 0 aromatic rings. The van der Waals surface area contributed by atoms with Crippen molar-refractivity contribution in [2.75, 3.05) is 13.2 Å². The fourth-order valence-corrected chi connectivity index (χ4v) is 1.19. The molecule has 0 aromatic heterocycles. The molecule has 1 aliphatic heterocycles. The van der Waals surface area contributed by atoms with Gasteiger partial charge in [-0.15, -0.1) is 0 Å². The van der Waals surface area contributed by atoms with Crippen LogP contribution in [0, 0.1) is 11.8 Å². The predicted molar refractivity (Wildman–Crippen MR) is 45.4 cm³/mol. The molecule has 1 fully saturated rings. The molecule has 66 valence electrons. The summed E-state index contributed by atoms with van der Waals surface area (Å²) in [5.41, 5.74) is 0. The smallest absolute Gasteiger partial charge is 0.296 e. The van der Waals surface area contributed by atoms with Gasteiger partial charge in [0.25, 0.3) is 5.91 Å². The van der Waals surface area contributed by atoms with Crippen molar-refractivity contribution in [3.8, 4) is 11.8 Å². The molecule has 3 heteroatoms. The van der Waals surface area contributed by atoms with Crippen LogP contribution in [0.25, 0.3) is 0 Å². The van der Waals surface area contributed by atoms with Crippen molar-refractivity contribution < 1.29 is 9.53 Å². The maximum absolute atomic E-state index is 11.0. The third-order valence-electron chi connectivity index (χ3n) is 1.73. The zero-order valence-corrected chi connectivity index (χ0v) is 7.22. The van der Waals surface area contributed by atoms with E-state index in [1.54, 1.807) is 6.92 Å². The van der Waals surface area contributed by atoms with Crippen LogP contribution in [0.2, 0.25) is 0 Å². The molecule has 12 heavy (non-hydrogen) atoms. The van der Waals surface area contributed by atoms with Gasteiger partial charge in [-0.2, -0.15) is 0 Å². The number of amides is 1. The van der Waals surface area contributed by atoms with Crippen LogP contribution in [0.3, 0.4) is 0 Å². The highest BCUT2D eigenvalue weighted by molar-refractivity contribution is 5.93. The van der Waals surface area contributed by atoms with Gasteiger partial charge in [0, 0.05) is 6.61 Å². The normalized spacial score (nSPS) is 22.2. The lowest BCUT2D eigenvalue weighted by molar-refractivity contribution is -0.117. The van der Waals surface area contributed by atoms with Gasteiger partial charge in [-0.3, -0.25) is 4.79 Å². The van der Waals surface area contributed by atoms with Crippen molar-refractivity contribution in [2.45, 2.75) is 25.8 Å². The fourth-order valence-electron chi connectivity index (χ4n) is 1.19. The molecule has 0 radical (unpaired) electrons. The van der Waals surface area contributed by atoms with Crippen LogP contribution < -0.4 is 5.32 Å². The first-order valence-electron chi connectivity index (χ1n) is 4.14. The van der Waals surface area contributed by atoms with Crippen molar-refractivity contribution in [2.24, 2.45) is 0 Å². The quantitative estimate of drug-likeness (QED) is 0.571. The van der Waals surface area contributed by atoms with Crippen LogP contribution in [0.15, 0.2) is 0 Å². The molecular formula is C9H13NO2. The van der Waals surface area contributed by atoms with E-state index in [0.29, 0.717) is 6.61 Å². The summed E-state index contributed by atoms with van der Waals surface area (Å²) in [6.45, 7) is 3.08. The lowest BCUT2D eigenvalue weighted by Crippen LogP contribution is -2.39. The van der Waals surface area contributed by atoms with E-state index >= 15 is 0 Å². The minimum atomic E-state index is -0.201.